The van der Waals surface area contributed by atoms with Gasteiger partial charge in [-0.25, -0.2) is 5.43 Å². The lowest BCUT2D eigenvalue weighted by atomic mass is 9.88. The number of carbonyl (C=O) groups excluding carboxylic acids is 2. The quantitative estimate of drug-likeness (QED) is 0.425. The summed E-state index contributed by atoms with van der Waals surface area (Å²) in [6, 6.07) is 12.2. The van der Waals surface area contributed by atoms with Gasteiger partial charge in [0.25, 0.3) is 5.91 Å². The second kappa shape index (κ2) is 11.2. The maximum Gasteiger partial charge on any atom is 0.277 e. The first-order valence-corrected chi connectivity index (χ1v) is 11.0. The average Bonchev–Trinajstić information content (AvgIpc) is 2.77. The Kier molecular flexibility index (Phi) is 8.32. The molecule has 8 heteroatoms. The van der Waals surface area contributed by atoms with Crippen LogP contribution in [0.25, 0.3) is 0 Å². The molecule has 6 nitrogen and oxygen atoms in total. The fraction of sp³-hybridized carbons (Fsp3) is 0.348. The molecule has 2 aromatic rings. The summed E-state index contributed by atoms with van der Waals surface area (Å²) in [4.78, 5) is 24.5. The normalized spacial score (nSPS) is 14.7. The lowest BCUT2D eigenvalue weighted by Gasteiger charge is -2.20. The van der Waals surface area contributed by atoms with E-state index in [9.17, 15) is 9.59 Å². The molecule has 0 spiro atoms. The van der Waals surface area contributed by atoms with Crippen molar-refractivity contribution in [3.8, 4) is 5.75 Å². The van der Waals surface area contributed by atoms with Crippen molar-refractivity contribution in [1.82, 2.24) is 5.43 Å². The van der Waals surface area contributed by atoms with Crippen LogP contribution < -0.4 is 15.5 Å². The van der Waals surface area contributed by atoms with E-state index in [-0.39, 0.29) is 18.4 Å². The third kappa shape index (κ3) is 6.97. The van der Waals surface area contributed by atoms with Crippen LogP contribution >= 0.6 is 23.2 Å². The molecule has 3 rings (SSSR count). The Morgan fingerprint density at radius 3 is 2.61 bits per heavy atom. The maximum atomic E-state index is 12.5. The van der Waals surface area contributed by atoms with E-state index in [1.54, 1.807) is 25.1 Å². The predicted molar refractivity (Wildman–Crippen MR) is 124 cm³/mol. The summed E-state index contributed by atoms with van der Waals surface area (Å²) in [7, 11) is 0. The summed E-state index contributed by atoms with van der Waals surface area (Å²) >= 11 is 11.9. The van der Waals surface area contributed by atoms with Gasteiger partial charge in [-0.1, -0.05) is 54.6 Å². The molecule has 0 bridgehead atoms. The zero-order valence-corrected chi connectivity index (χ0v) is 18.8. The number of hydrazone groups is 1. The highest BCUT2D eigenvalue weighted by Crippen LogP contribution is 2.27. The lowest BCUT2D eigenvalue weighted by molar-refractivity contribution is -0.123. The average molecular weight is 462 g/mol. The van der Waals surface area contributed by atoms with Crippen LogP contribution in [-0.4, -0.2) is 24.1 Å². The second-order valence-corrected chi connectivity index (χ2v) is 8.34. The van der Waals surface area contributed by atoms with Gasteiger partial charge in [0, 0.05) is 16.6 Å². The van der Waals surface area contributed by atoms with Gasteiger partial charge in [0.2, 0.25) is 5.91 Å². The van der Waals surface area contributed by atoms with Gasteiger partial charge in [-0.05, 0) is 55.7 Å². The Bertz CT molecular complexity index is 972. The first-order chi connectivity index (χ1) is 14.9. The molecule has 0 radical (unpaired) electrons. The molecule has 2 aromatic carbocycles. The van der Waals surface area contributed by atoms with Gasteiger partial charge in [0.1, 0.15) is 5.75 Å². The van der Waals surface area contributed by atoms with E-state index in [0.29, 0.717) is 21.5 Å². The van der Waals surface area contributed by atoms with Crippen molar-refractivity contribution < 1.29 is 14.3 Å². The zero-order valence-electron chi connectivity index (χ0n) is 17.3. The first-order valence-electron chi connectivity index (χ1n) is 10.2. The van der Waals surface area contributed by atoms with Crippen LogP contribution in [0.5, 0.6) is 5.75 Å². The third-order valence-electron chi connectivity index (χ3n) is 5.12. The number of hydrogen-bond donors (Lipinski definition) is 2. The topological polar surface area (TPSA) is 79.8 Å². The standard InChI is InChI=1S/C23H25Cl2N3O3/c1-15(27-28-22(29)14-31-21-11-10-18(24)13-20(21)25)17-8-5-9-19(12-17)26-23(30)16-6-3-2-4-7-16/h5,8-13,16H,2-4,6-7,14H2,1H3,(H,26,30)(H,28,29)/b27-15-. The molecule has 0 atom stereocenters. The van der Waals surface area contributed by atoms with E-state index in [1.807, 2.05) is 24.3 Å². The second-order valence-electron chi connectivity index (χ2n) is 7.50. The Balaban J connectivity index is 1.53. The molecule has 0 aliphatic heterocycles. The van der Waals surface area contributed by atoms with E-state index < -0.39 is 5.91 Å². The number of amides is 2. The zero-order chi connectivity index (χ0) is 22.2. The SMILES string of the molecule is C/C(=N/NC(=O)COc1ccc(Cl)cc1Cl)c1cccc(NC(=O)C2CCCCC2)c1. The number of benzene rings is 2. The molecule has 0 heterocycles. The van der Waals surface area contributed by atoms with Gasteiger partial charge in [-0.3, -0.25) is 9.59 Å². The number of halogens is 2. The summed E-state index contributed by atoms with van der Waals surface area (Å²) in [5.74, 6) is 0.0915. The minimum absolute atomic E-state index is 0.0674. The molecule has 0 saturated heterocycles. The Morgan fingerprint density at radius 1 is 1.10 bits per heavy atom. The van der Waals surface area contributed by atoms with E-state index in [2.05, 4.69) is 15.8 Å². The van der Waals surface area contributed by atoms with Gasteiger partial charge in [-0.15, -0.1) is 0 Å². The van der Waals surface area contributed by atoms with Crippen LogP contribution in [0.4, 0.5) is 5.69 Å². The van der Waals surface area contributed by atoms with Crippen LogP contribution in [0.1, 0.15) is 44.6 Å². The van der Waals surface area contributed by atoms with E-state index in [0.717, 1.165) is 36.9 Å². The molecule has 2 N–H and O–H groups in total. The van der Waals surface area contributed by atoms with Gasteiger partial charge < -0.3 is 10.1 Å². The Labute approximate surface area is 192 Å². The summed E-state index contributed by atoms with van der Waals surface area (Å²) in [6.07, 6.45) is 5.32. The predicted octanol–water partition coefficient (Wildman–Crippen LogP) is 5.43. The van der Waals surface area contributed by atoms with Gasteiger partial charge >= 0.3 is 0 Å². The number of ether oxygens (including phenoxy) is 1. The van der Waals surface area contributed by atoms with Crippen molar-refractivity contribution in [3.05, 3.63) is 58.1 Å². The van der Waals surface area contributed by atoms with Crippen LogP contribution in [0.2, 0.25) is 10.0 Å². The van der Waals surface area contributed by atoms with Gasteiger partial charge in [-0.2, -0.15) is 5.10 Å². The van der Waals surface area contributed by atoms with Crippen LogP contribution in [0.15, 0.2) is 47.6 Å². The third-order valence-corrected chi connectivity index (χ3v) is 5.66. The minimum atomic E-state index is -0.424. The van der Waals surface area contributed by atoms with Crippen molar-refractivity contribution in [1.29, 1.82) is 0 Å². The number of carbonyl (C=O) groups is 2. The molecule has 1 aliphatic carbocycles. The van der Waals surface area contributed by atoms with Gasteiger partial charge in [0.15, 0.2) is 6.61 Å². The molecule has 1 fully saturated rings. The minimum Gasteiger partial charge on any atom is -0.482 e. The van der Waals surface area contributed by atoms with Crippen molar-refractivity contribution >= 4 is 46.4 Å². The Morgan fingerprint density at radius 2 is 1.87 bits per heavy atom. The van der Waals surface area contributed by atoms with Crippen LogP contribution in [0, 0.1) is 5.92 Å². The highest BCUT2D eigenvalue weighted by atomic mass is 35.5. The first kappa shape index (κ1) is 23.1. The molecule has 1 aliphatic rings. The molecular formula is C23H25Cl2N3O3. The lowest BCUT2D eigenvalue weighted by Crippen LogP contribution is -2.26. The van der Waals surface area contributed by atoms with Crippen molar-refractivity contribution in [2.45, 2.75) is 39.0 Å². The molecule has 0 aromatic heterocycles. The Hall–Kier alpha value is -2.57. The molecule has 31 heavy (non-hydrogen) atoms. The molecule has 1 saturated carbocycles. The molecule has 2 amide bonds. The maximum absolute atomic E-state index is 12.5. The molecule has 0 unspecified atom stereocenters. The van der Waals surface area contributed by atoms with Crippen molar-refractivity contribution in [3.63, 3.8) is 0 Å². The van der Waals surface area contributed by atoms with Gasteiger partial charge in [0.05, 0.1) is 10.7 Å². The van der Waals surface area contributed by atoms with Crippen LogP contribution in [-0.2, 0) is 9.59 Å². The highest BCUT2D eigenvalue weighted by Gasteiger charge is 2.21. The van der Waals surface area contributed by atoms with Crippen molar-refractivity contribution in [2.75, 3.05) is 11.9 Å². The number of rotatable bonds is 7. The number of nitrogens with zero attached hydrogens (tertiary/aromatic N) is 1. The summed E-state index contributed by atoms with van der Waals surface area (Å²) in [6.45, 7) is 1.54. The fourth-order valence-electron chi connectivity index (χ4n) is 3.41. The fourth-order valence-corrected chi connectivity index (χ4v) is 3.87. The summed E-state index contributed by atoms with van der Waals surface area (Å²) in [5, 5.41) is 7.93. The largest absolute Gasteiger partial charge is 0.482 e. The number of anilines is 1. The smallest absolute Gasteiger partial charge is 0.277 e. The number of nitrogens with one attached hydrogen (secondary N) is 2. The van der Waals surface area contributed by atoms with E-state index in [1.165, 1.54) is 6.42 Å². The highest BCUT2D eigenvalue weighted by molar-refractivity contribution is 6.35. The summed E-state index contributed by atoms with van der Waals surface area (Å²) < 4.78 is 5.39. The molecular weight excluding hydrogens is 437 g/mol. The van der Waals surface area contributed by atoms with Crippen LogP contribution in [0.3, 0.4) is 0 Å². The van der Waals surface area contributed by atoms with E-state index in [4.69, 9.17) is 27.9 Å². The molecule has 164 valence electrons. The monoisotopic (exact) mass is 461 g/mol. The summed E-state index contributed by atoms with van der Waals surface area (Å²) in [5.41, 5.74) is 4.58. The van der Waals surface area contributed by atoms with Crippen molar-refractivity contribution in [2.24, 2.45) is 11.0 Å². The number of hydrogen-bond acceptors (Lipinski definition) is 4. The van der Waals surface area contributed by atoms with E-state index >= 15 is 0 Å².